The van der Waals surface area contributed by atoms with Crippen LogP contribution in [0, 0.1) is 0 Å². The summed E-state index contributed by atoms with van der Waals surface area (Å²) < 4.78 is 5.94. The lowest BCUT2D eigenvalue weighted by atomic mass is 9.79. The van der Waals surface area contributed by atoms with Crippen LogP contribution in [0.3, 0.4) is 0 Å². The number of hydrogen-bond acceptors (Lipinski definition) is 2. The normalized spacial score (nSPS) is 21.6. The summed E-state index contributed by atoms with van der Waals surface area (Å²) in [7, 11) is 0. The molecule has 1 aromatic rings. The number of aliphatic carboxylic acids is 1. The second kappa shape index (κ2) is 5.88. The predicted octanol–water partition coefficient (Wildman–Crippen LogP) is 4.56. The molecule has 0 aromatic heterocycles. The molecule has 0 radical (unpaired) electrons. The third-order valence-corrected chi connectivity index (χ3v) is 5.24. The number of halogens is 1. The molecule has 114 valence electrons. The molecule has 1 N–H and O–H groups in total. The molecular weight excluding hydrogens is 288 g/mol. The molecule has 0 saturated heterocycles. The van der Waals surface area contributed by atoms with E-state index in [2.05, 4.69) is 0 Å². The fraction of sp³-hybridized carbons (Fsp3) is 0.588. The van der Waals surface area contributed by atoms with Crippen LogP contribution in [0.4, 0.5) is 0 Å². The minimum Gasteiger partial charge on any atom is -0.489 e. The van der Waals surface area contributed by atoms with Gasteiger partial charge in [-0.15, -0.1) is 0 Å². The molecule has 0 spiro atoms. The summed E-state index contributed by atoms with van der Waals surface area (Å²) in [4.78, 5) is 11.7. The molecule has 2 saturated carbocycles. The van der Waals surface area contributed by atoms with Crippen molar-refractivity contribution in [2.24, 2.45) is 0 Å². The van der Waals surface area contributed by atoms with E-state index in [1.807, 2.05) is 12.1 Å². The van der Waals surface area contributed by atoms with Gasteiger partial charge in [0.05, 0.1) is 16.5 Å². The molecule has 0 heterocycles. The molecule has 21 heavy (non-hydrogen) atoms. The van der Waals surface area contributed by atoms with E-state index >= 15 is 0 Å². The van der Waals surface area contributed by atoms with E-state index < -0.39 is 11.4 Å². The molecule has 1 aromatic carbocycles. The van der Waals surface area contributed by atoms with Gasteiger partial charge in [0.2, 0.25) is 0 Å². The average Bonchev–Trinajstić information content (AvgIpc) is 3.12. The van der Waals surface area contributed by atoms with Crippen molar-refractivity contribution in [3.8, 4) is 5.75 Å². The van der Waals surface area contributed by atoms with E-state index in [0.29, 0.717) is 23.6 Å². The van der Waals surface area contributed by atoms with Crippen molar-refractivity contribution < 1.29 is 14.6 Å². The quantitative estimate of drug-likeness (QED) is 0.887. The summed E-state index contributed by atoms with van der Waals surface area (Å²) >= 11 is 6.33. The Bertz CT molecular complexity index is 529. The molecule has 0 amide bonds. The lowest BCUT2D eigenvalue weighted by Crippen LogP contribution is -2.32. The summed E-state index contributed by atoms with van der Waals surface area (Å²) in [6.45, 7) is 0. The van der Waals surface area contributed by atoms with Gasteiger partial charge in [-0.25, -0.2) is 0 Å². The topological polar surface area (TPSA) is 46.5 Å². The van der Waals surface area contributed by atoms with E-state index in [0.717, 1.165) is 31.2 Å². The van der Waals surface area contributed by atoms with E-state index in [1.54, 1.807) is 6.07 Å². The molecule has 2 fully saturated rings. The first-order valence-corrected chi connectivity index (χ1v) is 8.20. The molecule has 2 aliphatic carbocycles. The predicted molar refractivity (Wildman–Crippen MR) is 82.1 cm³/mol. The van der Waals surface area contributed by atoms with Crippen LogP contribution in [0.15, 0.2) is 18.2 Å². The van der Waals surface area contributed by atoms with Crippen LogP contribution in [0.1, 0.15) is 56.9 Å². The van der Waals surface area contributed by atoms with Gasteiger partial charge in [0.25, 0.3) is 0 Å². The maximum Gasteiger partial charge on any atom is 0.314 e. The van der Waals surface area contributed by atoms with Crippen LogP contribution in [0.2, 0.25) is 5.02 Å². The summed E-state index contributed by atoms with van der Waals surface area (Å²) in [6, 6.07) is 5.53. The highest BCUT2D eigenvalue weighted by atomic mass is 35.5. The van der Waals surface area contributed by atoms with Gasteiger partial charge in [0.15, 0.2) is 0 Å². The SMILES string of the molecule is O=C(O)C1(c2ccc(OC3CCCC3)c(Cl)c2)CCCC1. The smallest absolute Gasteiger partial charge is 0.314 e. The Morgan fingerprint density at radius 3 is 2.43 bits per heavy atom. The summed E-state index contributed by atoms with van der Waals surface area (Å²) in [5.41, 5.74) is 0.0616. The maximum atomic E-state index is 11.7. The van der Waals surface area contributed by atoms with Gasteiger partial charge in [0, 0.05) is 0 Å². The van der Waals surface area contributed by atoms with Gasteiger partial charge in [-0.2, -0.15) is 0 Å². The number of hydrogen-bond donors (Lipinski definition) is 1. The fourth-order valence-corrected chi connectivity index (χ4v) is 3.91. The minimum absolute atomic E-state index is 0.258. The van der Waals surface area contributed by atoms with E-state index in [-0.39, 0.29) is 6.10 Å². The number of carboxylic acid groups (broad SMARTS) is 1. The monoisotopic (exact) mass is 308 g/mol. The van der Waals surface area contributed by atoms with Crippen LogP contribution in [0.25, 0.3) is 0 Å². The van der Waals surface area contributed by atoms with Gasteiger partial charge in [-0.05, 0) is 56.2 Å². The van der Waals surface area contributed by atoms with Crippen LogP contribution >= 0.6 is 11.6 Å². The first-order chi connectivity index (χ1) is 10.1. The highest BCUT2D eigenvalue weighted by Gasteiger charge is 2.43. The summed E-state index contributed by atoms with van der Waals surface area (Å²) in [5, 5.41) is 10.2. The third-order valence-electron chi connectivity index (χ3n) is 4.95. The highest BCUT2D eigenvalue weighted by Crippen LogP contribution is 2.43. The van der Waals surface area contributed by atoms with Gasteiger partial charge in [0.1, 0.15) is 5.75 Å². The van der Waals surface area contributed by atoms with E-state index in [1.165, 1.54) is 12.8 Å². The highest BCUT2D eigenvalue weighted by molar-refractivity contribution is 6.32. The molecule has 0 atom stereocenters. The molecule has 0 aliphatic heterocycles. The molecule has 0 unspecified atom stereocenters. The third kappa shape index (κ3) is 2.76. The van der Waals surface area contributed by atoms with E-state index in [9.17, 15) is 9.90 Å². The number of ether oxygens (including phenoxy) is 1. The Balaban J connectivity index is 1.84. The Hall–Kier alpha value is -1.22. The molecular formula is C17H21ClO3. The van der Waals surface area contributed by atoms with Crippen LogP contribution in [-0.4, -0.2) is 17.2 Å². The van der Waals surface area contributed by atoms with Gasteiger partial charge < -0.3 is 9.84 Å². The molecule has 3 nitrogen and oxygen atoms in total. The molecule has 0 bridgehead atoms. The van der Waals surface area contributed by atoms with Crippen LogP contribution in [0.5, 0.6) is 5.75 Å². The molecule has 4 heteroatoms. The largest absolute Gasteiger partial charge is 0.489 e. The van der Waals surface area contributed by atoms with Crippen molar-refractivity contribution in [2.45, 2.75) is 62.9 Å². The lowest BCUT2D eigenvalue weighted by Gasteiger charge is -2.25. The van der Waals surface area contributed by atoms with Crippen molar-refractivity contribution in [1.82, 2.24) is 0 Å². The summed E-state index contributed by atoms with van der Waals surface area (Å²) in [5.74, 6) is -0.0496. The molecule has 3 rings (SSSR count). The first kappa shape index (κ1) is 14.7. The molecule has 2 aliphatic rings. The van der Waals surface area contributed by atoms with Crippen LogP contribution < -0.4 is 4.74 Å². The summed E-state index contributed by atoms with van der Waals surface area (Å²) in [6.07, 6.45) is 8.16. The Labute approximate surface area is 130 Å². The Kier molecular flexibility index (Phi) is 4.12. The number of carbonyl (C=O) groups is 1. The maximum absolute atomic E-state index is 11.7. The Morgan fingerprint density at radius 2 is 1.86 bits per heavy atom. The lowest BCUT2D eigenvalue weighted by molar-refractivity contribution is -0.143. The zero-order valence-electron chi connectivity index (χ0n) is 12.1. The van der Waals surface area contributed by atoms with Gasteiger partial charge in [-0.3, -0.25) is 4.79 Å². The fourth-order valence-electron chi connectivity index (χ4n) is 3.68. The van der Waals surface area contributed by atoms with Crippen molar-refractivity contribution >= 4 is 17.6 Å². The first-order valence-electron chi connectivity index (χ1n) is 7.82. The second-order valence-electron chi connectivity index (χ2n) is 6.26. The minimum atomic E-state index is -0.754. The standard InChI is InChI=1S/C17H21ClO3/c18-14-11-12(17(16(19)20)9-3-4-10-17)7-8-15(14)21-13-5-1-2-6-13/h7-8,11,13H,1-6,9-10H2,(H,19,20). The second-order valence-corrected chi connectivity index (χ2v) is 6.67. The van der Waals surface area contributed by atoms with Crippen molar-refractivity contribution in [1.29, 1.82) is 0 Å². The number of benzene rings is 1. The zero-order chi connectivity index (χ0) is 14.9. The van der Waals surface area contributed by atoms with Crippen molar-refractivity contribution in [3.63, 3.8) is 0 Å². The van der Waals surface area contributed by atoms with Gasteiger partial charge in [-0.1, -0.05) is 30.5 Å². The van der Waals surface area contributed by atoms with E-state index in [4.69, 9.17) is 16.3 Å². The van der Waals surface area contributed by atoms with Crippen molar-refractivity contribution in [2.75, 3.05) is 0 Å². The zero-order valence-corrected chi connectivity index (χ0v) is 12.9. The number of carboxylic acids is 1. The van der Waals surface area contributed by atoms with Crippen molar-refractivity contribution in [3.05, 3.63) is 28.8 Å². The van der Waals surface area contributed by atoms with Crippen LogP contribution in [-0.2, 0) is 10.2 Å². The average molecular weight is 309 g/mol. The Morgan fingerprint density at radius 1 is 1.19 bits per heavy atom. The van der Waals surface area contributed by atoms with Gasteiger partial charge >= 0.3 is 5.97 Å². The number of rotatable bonds is 4.